The number of fused-ring (bicyclic) bond motifs is 3. The summed E-state index contributed by atoms with van der Waals surface area (Å²) in [6, 6.07) is 0. The Labute approximate surface area is 249 Å². The minimum atomic E-state index is -1.40. The summed E-state index contributed by atoms with van der Waals surface area (Å²) in [4.78, 5) is 0. The van der Waals surface area contributed by atoms with E-state index in [1.165, 1.54) is 25.7 Å². The second-order valence-corrected chi connectivity index (χ2v) is 14.7. The lowest BCUT2D eigenvalue weighted by Crippen LogP contribution is -2.60. The highest BCUT2D eigenvalue weighted by molar-refractivity contribution is 5.27. The second-order valence-electron chi connectivity index (χ2n) is 14.7. The standard InChI is InChI=1S/C35H60O6/c1-7-24(21(2)3)13-11-22(4)28-10-8-9-25-14-15-26-19-27(17-18-35(26,6)29(25)16-12-23(28)5)40-34-33(39)32(38)31(37)30(20-36)41-34/h8-9,16,21-28,30-34,36-39H,7,10-15,17-20H2,1-6H3/b9-8-,29-16?/t22-,23+,24-,25-,26+,27+,28-,30-,31-,32+,33-,34-,35+/m1/s1. The number of ether oxygens (including phenoxy) is 2. The Hall–Kier alpha value is -0.760. The average molecular weight is 577 g/mol. The van der Waals surface area contributed by atoms with Gasteiger partial charge in [0, 0.05) is 0 Å². The van der Waals surface area contributed by atoms with Gasteiger partial charge < -0.3 is 29.9 Å². The molecule has 0 bridgehead atoms. The normalized spacial score (nSPS) is 44.0. The second kappa shape index (κ2) is 14.3. The summed E-state index contributed by atoms with van der Waals surface area (Å²) in [7, 11) is 0. The molecule has 3 aliphatic carbocycles. The average Bonchev–Trinajstić information content (AvgIpc) is 3.02. The molecule has 6 nitrogen and oxygen atoms in total. The van der Waals surface area contributed by atoms with E-state index in [2.05, 4.69) is 59.8 Å². The lowest BCUT2D eigenvalue weighted by molar-refractivity contribution is -0.315. The predicted octanol–water partition coefficient (Wildman–Crippen LogP) is 6.02. The number of aliphatic hydroxyl groups excluding tert-OH is 4. The van der Waals surface area contributed by atoms with E-state index in [9.17, 15) is 20.4 Å². The van der Waals surface area contributed by atoms with Gasteiger partial charge >= 0.3 is 0 Å². The maximum Gasteiger partial charge on any atom is 0.186 e. The third-order valence-electron chi connectivity index (χ3n) is 11.9. The summed E-state index contributed by atoms with van der Waals surface area (Å²) >= 11 is 0. The predicted molar refractivity (Wildman–Crippen MR) is 163 cm³/mol. The van der Waals surface area contributed by atoms with Gasteiger partial charge in [0.15, 0.2) is 6.29 Å². The van der Waals surface area contributed by atoms with Gasteiger partial charge in [-0.3, -0.25) is 0 Å². The first-order chi connectivity index (χ1) is 19.5. The molecule has 1 aliphatic heterocycles. The molecule has 4 aliphatic rings. The van der Waals surface area contributed by atoms with Crippen molar-refractivity contribution in [2.45, 2.75) is 143 Å². The van der Waals surface area contributed by atoms with Gasteiger partial charge in [-0.1, -0.05) is 78.2 Å². The summed E-state index contributed by atoms with van der Waals surface area (Å²) in [5.74, 6) is 4.74. The number of hydrogen-bond donors (Lipinski definition) is 4. The first-order valence-corrected chi connectivity index (χ1v) is 16.8. The smallest absolute Gasteiger partial charge is 0.186 e. The van der Waals surface area contributed by atoms with E-state index in [0.717, 1.165) is 62.2 Å². The van der Waals surface area contributed by atoms with Crippen LogP contribution in [0.15, 0.2) is 23.8 Å². The van der Waals surface area contributed by atoms with Crippen molar-refractivity contribution in [2.75, 3.05) is 6.61 Å². The Balaban J connectivity index is 1.41. The van der Waals surface area contributed by atoms with Crippen LogP contribution in [0.1, 0.15) is 106 Å². The van der Waals surface area contributed by atoms with Gasteiger partial charge in [-0.05, 0) is 98.2 Å². The van der Waals surface area contributed by atoms with Crippen molar-refractivity contribution in [1.29, 1.82) is 0 Å². The Morgan fingerprint density at radius 1 is 1.02 bits per heavy atom. The molecule has 0 aromatic heterocycles. The van der Waals surface area contributed by atoms with E-state index >= 15 is 0 Å². The Kier molecular flexibility index (Phi) is 11.6. The SMILES string of the molecule is CC[C@H](CC[C@@H](C)[C@H]1C/C=C\[C@@H]2CC[C@H]3C[C@@H](O[C@@H]4O[C@H](CO)[C@@H](O)[C@H](O)[C@H]4O)CC[C@]3(C)C2=CC[C@@H]1C)C(C)C. The number of aliphatic hydroxyl groups is 4. The zero-order valence-electron chi connectivity index (χ0n) is 26.6. The summed E-state index contributed by atoms with van der Waals surface area (Å²) < 4.78 is 11.9. The maximum atomic E-state index is 10.5. The first kappa shape index (κ1) is 33.1. The van der Waals surface area contributed by atoms with Crippen LogP contribution < -0.4 is 0 Å². The Morgan fingerprint density at radius 3 is 2.46 bits per heavy atom. The van der Waals surface area contributed by atoms with Crippen molar-refractivity contribution in [3.8, 4) is 0 Å². The highest BCUT2D eigenvalue weighted by Crippen LogP contribution is 2.56. The third-order valence-corrected chi connectivity index (χ3v) is 11.9. The Bertz CT molecular complexity index is 884. The van der Waals surface area contributed by atoms with Crippen molar-refractivity contribution in [1.82, 2.24) is 0 Å². The molecule has 1 saturated heterocycles. The molecule has 1 heterocycles. The van der Waals surface area contributed by atoms with Crippen LogP contribution in [0.3, 0.4) is 0 Å². The third kappa shape index (κ3) is 7.32. The van der Waals surface area contributed by atoms with Gasteiger partial charge in [-0.2, -0.15) is 0 Å². The van der Waals surface area contributed by atoms with Crippen LogP contribution in [-0.2, 0) is 9.47 Å². The van der Waals surface area contributed by atoms with Gasteiger partial charge in [0.2, 0.25) is 0 Å². The molecule has 41 heavy (non-hydrogen) atoms. The summed E-state index contributed by atoms with van der Waals surface area (Å²) in [6.07, 6.45) is 12.9. The molecule has 0 unspecified atom stereocenters. The first-order valence-electron chi connectivity index (χ1n) is 16.8. The van der Waals surface area contributed by atoms with Crippen LogP contribution in [0.2, 0.25) is 0 Å². The largest absolute Gasteiger partial charge is 0.394 e. The molecule has 2 saturated carbocycles. The van der Waals surface area contributed by atoms with Crippen molar-refractivity contribution < 1.29 is 29.9 Å². The maximum absolute atomic E-state index is 10.5. The highest BCUT2D eigenvalue weighted by Gasteiger charge is 2.49. The molecular formula is C35H60O6. The topological polar surface area (TPSA) is 99.4 Å². The van der Waals surface area contributed by atoms with Gasteiger partial charge in [-0.15, -0.1) is 0 Å². The van der Waals surface area contributed by atoms with E-state index in [-0.39, 0.29) is 11.5 Å². The zero-order valence-corrected chi connectivity index (χ0v) is 26.6. The Morgan fingerprint density at radius 2 is 1.78 bits per heavy atom. The van der Waals surface area contributed by atoms with Gasteiger partial charge in [0.05, 0.1) is 12.7 Å². The van der Waals surface area contributed by atoms with Gasteiger partial charge in [0.1, 0.15) is 24.4 Å². The van der Waals surface area contributed by atoms with Crippen molar-refractivity contribution in [3.05, 3.63) is 23.8 Å². The molecule has 4 N–H and O–H groups in total. The van der Waals surface area contributed by atoms with Crippen LogP contribution in [0.4, 0.5) is 0 Å². The molecule has 13 atom stereocenters. The molecule has 236 valence electrons. The fourth-order valence-corrected chi connectivity index (χ4v) is 8.83. The lowest BCUT2D eigenvalue weighted by atomic mass is 9.54. The lowest BCUT2D eigenvalue weighted by Gasteiger charge is -2.52. The molecule has 3 fully saturated rings. The molecule has 0 aromatic carbocycles. The quantitative estimate of drug-likeness (QED) is 0.198. The van der Waals surface area contributed by atoms with E-state index in [0.29, 0.717) is 17.8 Å². The number of rotatable bonds is 9. The van der Waals surface area contributed by atoms with E-state index in [4.69, 9.17) is 9.47 Å². The van der Waals surface area contributed by atoms with Crippen molar-refractivity contribution >= 4 is 0 Å². The fraction of sp³-hybridized carbons (Fsp3) is 0.886. The molecule has 0 radical (unpaired) electrons. The molecule has 0 aromatic rings. The van der Waals surface area contributed by atoms with Gasteiger partial charge in [0.25, 0.3) is 0 Å². The van der Waals surface area contributed by atoms with Crippen LogP contribution in [-0.4, -0.2) is 63.8 Å². The van der Waals surface area contributed by atoms with Crippen LogP contribution >= 0.6 is 0 Å². The molecule has 0 amide bonds. The minimum Gasteiger partial charge on any atom is -0.394 e. The van der Waals surface area contributed by atoms with E-state index < -0.39 is 37.3 Å². The number of hydrogen-bond acceptors (Lipinski definition) is 6. The molecular weight excluding hydrogens is 516 g/mol. The minimum absolute atomic E-state index is 0.0829. The zero-order chi connectivity index (χ0) is 29.9. The van der Waals surface area contributed by atoms with Crippen molar-refractivity contribution in [3.63, 3.8) is 0 Å². The van der Waals surface area contributed by atoms with E-state index in [1.807, 2.05) is 0 Å². The van der Waals surface area contributed by atoms with E-state index in [1.54, 1.807) is 5.57 Å². The van der Waals surface area contributed by atoms with Crippen LogP contribution in [0.5, 0.6) is 0 Å². The fourth-order valence-electron chi connectivity index (χ4n) is 8.83. The summed E-state index contributed by atoms with van der Waals surface area (Å²) in [6.45, 7) is 14.1. The monoisotopic (exact) mass is 576 g/mol. The summed E-state index contributed by atoms with van der Waals surface area (Å²) in [5, 5.41) is 40.4. The number of allylic oxidation sites excluding steroid dienone is 4. The molecule has 0 spiro atoms. The van der Waals surface area contributed by atoms with Crippen molar-refractivity contribution in [2.24, 2.45) is 46.8 Å². The molecule has 6 heteroatoms. The van der Waals surface area contributed by atoms with Crippen LogP contribution in [0, 0.1) is 46.8 Å². The highest BCUT2D eigenvalue weighted by atomic mass is 16.7. The van der Waals surface area contributed by atoms with Gasteiger partial charge in [-0.25, -0.2) is 0 Å². The summed E-state index contributed by atoms with van der Waals surface area (Å²) in [5.41, 5.74) is 1.77. The molecule has 4 rings (SSSR count). The van der Waals surface area contributed by atoms with Crippen LogP contribution in [0.25, 0.3) is 0 Å².